The third-order valence-electron chi connectivity index (χ3n) is 4.00. The SMILES string of the molecule is NC(=O)CC1(O)CCCN(CCOc2ccccc2C(F)(F)F)C1. The highest BCUT2D eigenvalue weighted by Crippen LogP contribution is 2.35. The zero-order valence-electron chi connectivity index (χ0n) is 13.2. The summed E-state index contributed by atoms with van der Waals surface area (Å²) in [4.78, 5) is 12.9. The number of likely N-dealkylation sites (tertiary alicyclic amines) is 1. The molecular formula is C16H21F3N2O3. The van der Waals surface area contributed by atoms with Gasteiger partial charge in [-0.15, -0.1) is 0 Å². The standard InChI is InChI=1S/C16H21F3N2O3/c17-16(18,19)12-4-1-2-5-13(12)24-9-8-21-7-3-6-15(23,11-21)10-14(20)22/h1-2,4-5,23H,3,6-11H2,(H2,20,22). The number of hydrogen-bond donors (Lipinski definition) is 2. The van der Waals surface area contributed by atoms with Crippen LogP contribution in [-0.4, -0.2) is 47.8 Å². The Kier molecular flexibility index (Phi) is 5.71. The highest BCUT2D eigenvalue weighted by Gasteiger charge is 2.35. The number of amides is 1. The molecule has 1 saturated heterocycles. The summed E-state index contributed by atoms with van der Waals surface area (Å²) in [7, 11) is 0. The molecule has 0 aromatic heterocycles. The summed E-state index contributed by atoms with van der Waals surface area (Å²) in [6.07, 6.45) is -3.43. The molecule has 1 heterocycles. The number of nitrogens with zero attached hydrogens (tertiary/aromatic N) is 1. The molecule has 1 aromatic rings. The van der Waals surface area contributed by atoms with Crippen molar-refractivity contribution in [2.45, 2.75) is 31.0 Å². The Hall–Kier alpha value is -1.80. The van der Waals surface area contributed by atoms with Crippen LogP contribution in [0.3, 0.4) is 0 Å². The van der Waals surface area contributed by atoms with Gasteiger partial charge < -0.3 is 15.6 Å². The lowest BCUT2D eigenvalue weighted by atomic mass is 9.89. The Balaban J connectivity index is 1.90. The molecule has 1 unspecified atom stereocenters. The third-order valence-corrected chi connectivity index (χ3v) is 4.00. The average molecular weight is 346 g/mol. The van der Waals surface area contributed by atoms with Gasteiger partial charge >= 0.3 is 6.18 Å². The molecule has 0 bridgehead atoms. The van der Waals surface area contributed by atoms with E-state index in [2.05, 4.69) is 0 Å². The number of benzene rings is 1. The van der Waals surface area contributed by atoms with Crippen molar-refractivity contribution in [3.05, 3.63) is 29.8 Å². The first-order chi connectivity index (χ1) is 11.2. The van der Waals surface area contributed by atoms with Crippen LogP contribution in [0.15, 0.2) is 24.3 Å². The van der Waals surface area contributed by atoms with Crippen molar-refractivity contribution in [1.29, 1.82) is 0 Å². The van der Waals surface area contributed by atoms with Gasteiger partial charge in [0.2, 0.25) is 5.91 Å². The molecule has 8 heteroatoms. The van der Waals surface area contributed by atoms with Crippen molar-refractivity contribution in [2.75, 3.05) is 26.2 Å². The van der Waals surface area contributed by atoms with Crippen LogP contribution >= 0.6 is 0 Å². The van der Waals surface area contributed by atoms with E-state index in [1.807, 2.05) is 4.90 Å². The minimum absolute atomic E-state index is 0.0553. The number of hydrogen-bond acceptors (Lipinski definition) is 4. The number of para-hydroxylation sites is 1. The van der Waals surface area contributed by atoms with Gasteiger partial charge in [0, 0.05) is 13.1 Å². The van der Waals surface area contributed by atoms with E-state index in [1.54, 1.807) is 0 Å². The molecule has 0 aliphatic carbocycles. The number of ether oxygens (including phenoxy) is 1. The lowest BCUT2D eigenvalue weighted by Crippen LogP contribution is -2.50. The number of carbonyl (C=O) groups excluding carboxylic acids is 1. The number of β-amino-alcohol motifs (C(OH)–C–C–N with tert-alkyl or cyclic N) is 1. The minimum Gasteiger partial charge on any atom is -0.492 e. The van der Waals surface area contributed by atoms with Gasteiger partial charge in [-0.3, -0.25) is 9.69 Å². The zero-order chi connectivity index (χ0) is 17.8. The van der Waals surface area contributed by atoms with Crippen molar-refractivity contribution in [3.63, 3.8) is 0 Å². The van der Waals surface area contributed by atoms with Crippen molar-refractivity contribution >= 4 is 5.91 Å². The third kappa shape index (κ3) is 5.10. The normalized spacial score (nSPS) is 22.3. The van der Waals surface area contributed by atoms with Crippen LogP contribution in [0.5, 0.6) is 5.75 Å². The molecular weight excluding hydrogens is 325 g/mol. The van der Waals surface area contributed by atoms with E-state index in [4.69, 9.17) is 10.5 Å². The predicted molar refractivity (Wildman–Crippen MR) is 81.4 cm³/mol. The fourth-order valence-corrected chi connectivity index (χ4v) is 2.98. The van der Waals surface area contributed by atoms with Crippen LogP contribution in [0, 0.1) is 0 Å². The maximum Gasteiger partial charge on any atom is 0.419 e. The first-order valence-electron chi connectivity index (χ1n) is 7.72. The van der Waals surface area contributed by atoms with Gasteiger partial charge in [0.05, 0.1) is 17.6 Å². The van der Waals surface area contributed by atoms with Crippen LogP contribution in [0.1, 0.15) is 24.8 Å². The van der Waals surface area contributed by atoms with Crippen LogP contribution in [0.2, 0.25) is 0 Å². The Labute approximate surface area is 138 Å². The summed E-state index contributed by atoms with van der Waals surface area (Å²) in [5, 5.41) is 10.3. The van der Waals surface area contributed by atoms with Crippen LogP contribution in [-0.2, 0) is 11.0 Å². The molecule has 1 atom stereocenters. The Bertz CT molecular complexity index is 580. The fraction of sp³-hybridized carbons (Fsp3) is 0.562. The van der Waals surface area contributed by atoms with Gasteiger partial charge in [0.1, 0.15) is 12.4 Å². The van der Waals surface area contributed by atoms with Crippen molar-refractivity contribution in [2.24, 2.45) is 5.73 Å². The minimum atomic E-state index is -4.47. The molecule has 134 valence electrons. The summed E-state index contributed by atoms with van der Waals surface area (Å²) >= 11 is 0. The highest BCUT2D eigenvalue weighted by molar-refractivity contribution is 5.75. The predicted octanol–water partition coefficient (Wildman–Crippen LogP) is 1.79. The zero-order valence-corrected chi connectivity index (χ0v) is 13.2. The number of nitrogens with two attached hydrogens (primary N) is 1. The number of aliphatic hydroxyl groups is 1. The van der Waals surface area contributed by atoms with Crippen molar-refractivity contribution < 1.29 is 27.8 Å². The summed E-state index contributed by atoms with van der Waals surface area (Å²) in [5.74, 6) is -0.788. The van der Waals surface area contributed by atoms with Gasteiger partial charge in [-0.25, -0.2) is 0 Å². The number of alkyl halides is 3. The summed E-state index contributed by atoms with van der Waals surface area (Å²) in [6.45, 7) is 1.35. The summed E-state index contributed by atoms with van der Waals surface area (Å²) in [6, 6.07) is 5.05. The highest BCUT2D eigenvalue weighted by atomic mass is 19.4. The van der Waals surface area contributed by atoms with Crippen LogP contribution in [0.25, 0.3) is 0 Å². The Morgan fingerprint density at radius 2 is 2.08 bits per heavy atom. The Morgan fingerprint density at radius 3 is 2.75 bits per heavy atom. The summed E-state index contributed by atoms with van der Waals surface area (Å²) in [5.41, 5.74) is 3.15. The second kappa shape index (κ2) is 7.40. The molecule has 1 fully saturated rings. The van der Waals surface area contributed by atoms with E-state index in [0.717, 1.165) is 6.07 Å². The number of carbonyl (C=O) groups is 1. The molecule has 0 saturated carbocycles. The molecule has 1 aliphatic heterocycles. The van der Waals surface area contributed by atoms with Gasteiger partial charge in [0.15, 0.2) is 0 Å². The summed E-state index contributed by atoms with van der Waals surface area (Å²) < 4.78 is 43.9. The monoisotopic (exact) mass is 346 g/mol. The lowest BCUT2D eigenvalue weighted by Gasteiger charge is -2.38. The van der Waals surface area contributed by atoms with Crippen LogP contribution < -0.4 is 10.5 Å². The quantitative estimate of drug-likeness (QED) is 0.823. The molecule has 2 rings (SSSR count). The molecule has 0 spiro atoms. The number of piperidine rings is 1. The van der Waals surface area contributed by atoms with Crippen molar-refractivity contribution in [1.82, 2.24) is 4.90 Å². The topological polar surface area (TPSA) is 75.8 Å². The molecule has 24 heavy (non-hydrogen) atoms. The van der Waals surface area contributed by atoms with E-state index in [9.17, 15) is 23.1 Å². The maximum atomic E-state index is 12.9. The second-order valence-electron chi connectivity index (χ2n) is 6.09. The molecule has 3 N–H and O–H groups in total. The van der Waals surface area contributed by atoms with Gasteiger partial charge in [0.25, 0.3) is 0 Å². The number of rotatable bonds is 6. The first-order valence-corrected chi connectivity index (χ1v) is 7.72. The largest absolute Gasteiger partial charge is 0.492 e. The van der Waals surface area contributed by atoms with Gasteiger partial charge in [-0.05, 0) is 31.5 Å². The Morgan fingerprint density at radius 1 is 1.38 bits per heavy atom. The van der Waals surface area contributed by atoms with E-state index < -0.39 is 23.2 Å². The first kappa shape index (κ1) is 18.5. The molecule has 1 aliphatic rings. The molecule has 1 aromatic carbocycles. The van der Waals surface area contributed by atoms with Crippen molar-refractivity contribution in [3.8, 4) is 5.75 Å². The number of halogens is 3. The average Bonchev–Trinajstić information content (AvgIpc) is 2.45. The number of primary amides is 1. The smallest absolute Gasteiger partial charge is 0.419 e. The van der Waals surface area contributed by atoms with Gasteiger partial charge in [-0.2, -0.15) is 13.2 Å². The molecule has 0 radical (unpaired) electrons. The van der Waals surface area contributed by atoms with E-state index in [-0.39, 0.29) is 25.3 Å². The van der Waals surface area contributed by atoms with E-state index in [0.29, 0.717) is 25.9 Å². The van der Waals surface area contributed by atoms with Gasteiger partial charge in [-0.1, -0.05) is 12.1 Å². The lowest BCUT2D eigenvalue weighted by molar-refractivity contribution is -0.139. The second-order valence-corrected chi connectivity index (χ2v) is 6.09. The van der Waals surface area contributed by atoms with E-state index in [1.165, 1.54) is 18.2 Å². The maximum absolute atomic E-state index is 12.9. The molecule has 1 amide bonds. The molecule has 5 nitrogen and oxygen atoms in total. The van der Waals surface area contributed by atoms with E-state index >= 15 is 0 Å². The van der Waals surface area contributed by atoms with Crippen LogP contribution in [0.4, 0.5) is 13.2 Å². The fourth-order valence-electron chi connectivity index (χ4n) is 2.98.